The van der Waals surface area contributed by atoms with Gasteiger partial charge in [0.05, 0.1) is 5.52 Å². The molecule has 0 spiro atoms. The van der Waals surface area contributed by atoms with Crippen LogP contribution in [0.1, 0.15) is 5.56 Å². The van der Waals surface area contributed by atoms with E-state index in [-0.39, 0.29) is 0 Å². The molecule has 88 valence electrons. The van der Waals surface area contributed by atoms with Crippen molar-refractivity contribution >= 4 is 22.5 Å². The van der Waals surface area contributed by atoms with E-state index in [9.17, 15) is 0 Å². The van der Waals surface area contributed by atoms with Crippen molar-refractivity contribution in [3.8, 4) is 11.1 Å². The van der Waals surface area contributed by atoms with Gasteiger partial charge in [0.15, 0.2) is 0 Å². The molecule has 3 aromatic rings. The predicted octanol–water partition coefficient (Wildman–Crippen LogP) is 4.86. The highest BCUT2D eigenvalue weighted by Crippen LogP contribution is 2.31. The van der Waals surface area contributed by atoms with E-state index in [0.29, 0.717) is 5.15 Å². The lowest BCUT2D eigenvalue weighted by atomic mass is 10.00. The van der Waals surface area contributed by atoms with Gasteiger partial charge < -0.3 is 0 Å². The number of aromatic nitrogens is 1. The predicted molar refractivity (Wildman–Crippen MR) is 76.9 cm³/mol. The van der Waals surface area contributed by atoms with Crippen LogP contribution in [0.25, 0.3) is 22.0 Å². The number of aryl methyl sites for hydroxylation is 1. The fraction of sp³-hybridized carbons (Fsp3) is 0.0625. The Bertz CT molecular complexity index is 705. The van der Waals surface area contributed by atoms with Crippen LogP contribution in [-0.4, -0.2) is 4.98 Å². The normalized spacial score (nSPS) is 10.8. The second-order valence-corrected chi connectivity index (χ2v) is 4.72. The molecule has 0 unspecified atom stereocenters. The van der Waals surface area contributed by atoms with E-state index in [1.807, 2.05) is 24.3 Å². The average Bonchev–Trinajstić information content (AvgIpc) is 2.40. The van der Waals surface area contributed by atoms with Gasteiger partial charge in [-0.1, -0.05) is 60.1 Å². The molecule has 0 radical (unpaired) electrons. The van der Waals surface area contributed by atoms with Crippen LogP contribution >= 0.6 is 11.6 Å². The molecule has 0 amide bonds. The van der Waals surface area contributed by atoms with Gasteiger partial charge >= 0.3 is 0 Å². The third-order valence-corrected chi connectivity index (χ3v) is 3.29. The van der Waals surface area contributed by atoms with Gasteiger partial charge in [0, 0.05) is 5.39 Å². The SMILES string of the molecule is Cc1cccc2c(-c3ccccc3)cc(Cl)nc12. The maximum atomic E-state index is 6.13. The molecule has 0 saturated heterocycles. The first-order valence-electron chi connectivity index (χ1n) is 5.87. The van der Waals surface area contributed by atoms with Crippen molar-refractivity contribution in [3.05, 3.63) is 65.3 Å². The van der Waals surface area contributed by atoms with Crippen molar-refractivity contribution < 1.29 is 0 Å². The van der Waals surface area contributed by atoms with E-state index in [2.05, 4.69) is 42.2 Å². The molecule has 0 N–H and O–H groups in total. The summed E-state index contributed by atoms with van der Waals surface area (Å²) < 4.78 is 0. The van der Waals surface area contributed by atoms with Crippen molar-refractivity contribution in [3.63, 3.8) is 0 Å². The van der Waals surface area contributed by atoms with E-state index >= 15 is 0 Å². The zero-order valence-electron chi connectivity index (χ0n) is 10.0. The molecule has 0 atom stereocenters. The molecule has 0 bridgehead atoms. The van der Waals surface area contributed by atoms with E-state index in [0.717, 1.165) is 27.6 Å². The maximum absolute atomic E-state index is 6.13. The molecule has 0 fully saturated rings. The van der Waals surface area contributed by atoms with Gasteiger partial charge in [-0.2, -0.15) is 0 Å². The second kappa shape index (κ2) is 4.43. The average molecular weight is 254 g/mol. The topological polar surface area (TPSA) is 12.9 Å². The molecule has 1 heterocycles. The Morgan fingerprint density at radius 2 is 1.72 bits per heavy atom. The van der Waals surface area contributed by atoms with E-state index in [1.165, 1.54) is 0 Å². The highest BCUT2D eigenvalue weighted by atomic mass is 35.5. The Labute approximate surface area is 111 Å². The van der Waals surface area contributed by atoms with Gasteiger partial charge in [-0.25, -0.2) is 4.98 Å². The molecule has 0 aliphatic heterocycles. The lowest BCUT2D eigenvalue weighted by Crippen LogP contribution is -1.88. The summed E-state index contributed by atoms with van der Waals surface area (Å²) in [4.78, 5) is 4.43. The Hall–Kier alpha value is -1.86. The van der Waals surface area contributed by atoms with Crippen molar-refractivity contribution in [2.45, 2.75) is 6.92 Å². The van der Waals surface area contributed by atoms with Crippen molar-refractivity contribution in [1.82, 2.24) is 4.98 Å². The first-order valence-corrected chi connectivity index (χ1v) is 6.25. The summed E-state index contributed by atoms with van der Waals surface area (Å²) in [6.45, 7) is 2.06. The smallest absolute Gasteiger partial charge is 0.130 e. The summed E-state index contributed by atoms with van der Waals surface area (Å²) in [6, 6.07) is 18.4. The zero-order valence-corrected chi connectivity index (χ0v) is 10.8. The number of hydrogen-bond donors (Lipinski definition) is 0. The number of para-hydroxylation sites is 1. The van der Waals surface area contributed by atoms with Gasteiger partial charge in [-0.05, 0) is 29.7 Å². The quantitative estimate of drug-likeness (QED) is 0.564. The van der Waals surface area contributed by atoms with Crippen molar-refractivity contribution in [2.24, 2.45) is 0 Å². The van der Waals surface area contributed by atoms with Crippen LogP contribution < -0.4 is 0 Å². The number of hydrogen-bond acceptors (Lipinski definition) is 1. The summed E-state index contributed by atoms with van der Waals surface area (Å²) in [5, 5.41) is 1.68. The lowest BCUT2D eigenvalue weighted by molar-refractivity contribution is 1.36. The minimum Gasteiger partial charge on any atom is -0.236 e. The molecule has 0 saturated carbocycles. The van der Waals surface area contributed by atoms with Crippen LogP contribution in [0.4, 0.5) is 0 Å². The maximum Gasteiger partial charge on any atom is 0.130 e. The first-order chi connectivity index (χ1) is 8.75. The molecule has 0 aliphatic carbocycles. The number of fused-ring (bicyclic) bond motifs is 1. The Morgan fingerprint density at radius 1 is 0.944 bits per heavy atom. The van der Waals surface area contributed by atoms with Crippen LogP contribution in [0.3, 0.4) is 0 Å². The van der Waals surface area contributed by atoms with E-state index < -0.39 is 0 Å². The zero-order chi connectivity index (χ0) is 12.5. The summed E-state index contributed by atoms with van der Waals surface area (Å²) >= 11 is 6.13. The third-order valence-electron chi connectivity index (χ3n) is 3.09. The molecular weight excluding hydrogens is 242 g/mol. The Kier molecular flexibility index (Phi) is 2.77. The molecule has 2 aromatic carbocycles. The Morgan fingerprint density at radius 3 is 2.50 bits per heavy atom. The van der Waals surface area contributed by atoms with Crippen LogP contribution in [0.15, 0.2) is 54.6 Å². The summed E-state index contributed by atoms with van der Waals surface area (Å²) in [6.07, 6.45) is 0. The number of pyridine rings is 1. The van der Waals surface area contributed by atoms with Crippen LogP contribution in [0.2, 0.25) is 5.15 Å². The minimum absolute atomic E-state index is 0.538. The van der Waals surface area contributed by atoms with Gasteiger partial charge in [-0.3, -0.25) is 0 Å². The highest BCUT2D eigenvalue weighted by molar-refractivity contribution is 6.30. The van der Waals surface area contributed by atoms with E-state index in [1.54, 1.807) is 0 Å². The fourth-order valence-electron chi connectivity index (χ4n) is 2.22. The molecule has 0 aliphatic rings. The van der Waals surface area contributed by atoms with Crippen LogP contribution in [0.5, 0.6) is 0 Å². The lowest BCUT2D eigenvalue weighted by Gasteiger charge is -2.09. The van der Waals surface area contributed by atoms with Crippen molar-refractivity contribution in [1.29, 1.82) is 0 Å². The second-order valence-electron chi connectivity index (χ2n) is 4.33. The monoisotopic (exact) mass is 253 g/mol. The van der Waals surface area contributed by atoms with Crippen LogP contribution in [0, 0.1) is 6.92 Å². The molecule has 18 heavy (non-hydrogen) atoms. The number of rotatable bonds is 1. The van der Waals surface area contributed by atoms with E-state index in [4.69, 9.17) is 11.6 Å². The summed E-state index contributed by atoms with van der Waals surface area (Å²) in [5.74, 6) is 0. The first kappa shape index (κ1) is 11.2. The fourth-order valence-corrected chi connectivity index (χ4v) is 2.41. The standard InChI is InChI=1S/C16H12ClN/c1-11-6-5-9-13-14(10-15(17)18-16(11)13)12-7-3-2-4-8-12/h2-10H,1H3. The summed E-state index contributed by atoms with van der Waals surface area (Å²) in [7, 11) is 0. The number of nitrogens with zero attached hydrogens (tertiary/aromatic N) is 1. The highest BCUT2D eigenvalue weighted by Gasteiger charge is 2.08. The largest absolute Gasteiger partial charge is 0.236 e. The van der Waals surface area contributed by atoms with Crippen molar-refractivity contribution in [2.75, 3.05) is 0 Å². The summed E-state index contributed by atoms with van der Waals surface area (Å²) in [5.41, 5.74) is 4.42. The number of benzene rings is 2. The van der Waals surface area contributed by atoms with Gasteiger partial charge in [0.25, 0.3) is 0 Å². The number of halogens is 1. The van der Waals surface area contributed by atoms with Gasteiger partial charge in [0.1, 0.15) is 5.15 Å². The van der Waals surface area contributed by atoms with Crippen LogP contribution in [-0.2, 0) is 0 Å². The molecule has 2 heteroatoms. The van der Waals surface area contributed by atoms with Gasteiger partial charge in [-0.15, -0.1) is 0 Å². The molecular formula is C16H12ClN. The minimum atomic E-state index is 0.538. The molecule has 3 rings (SSSR count). The molecule has 1 nitrogen and oxygen atoms in total. The third kappa shape index (κ3) is 1.87. The van der Waals surface area contributed by atoms with Gasteiger partial charge in [0.2, 0.25) is 0 Å². The molecule has 1 aromatic heterocycles. The Balaban J connectivity index is 2.39.